The maximum absolute atomic E-state index is 12.3. The van der Waals surface area contributed by atoms with Crippen LogP contribution in [-0.4, -0.2) is 80.0 Å². The molecule has 0 saturated carbocycles. The van der Waals surface area contributed by atoms with E-state index in [1.807, 2.05) is 13.8 Å². The van der Waals surface area contributed by atoms with E-state index in [0.29, 0.717) is 19.8 Å². The first-order valence-corrected chi connectivity index (χ1v) is 6.19. The van der Waals surface area contributed by atoms with Gasteiger partial charge in [-0.3, -0.25) is 4.79 Å². The number of amides is 2. The second-order valence-corrected chi connectivity index (χ2v) is 4.37. The van der Waals surface area contributed by atoms with Crippen LogP contribution in [0.2, 0.25) is 0 Å². The van der Waals surface area contributed by atoms with Crippen molar-refractivity contribution in [3.63, 3.8) is 0 Å². The van der Waals surface area contributed by atoms with Crippen molar-refractivity contribution in [3.8, 4) is 0 Å². The predicted octanol–water partition coefficient (Wildman–Crippen LogP) is 0.496. The molecule has 0 aromatic carbocycles. The number of hydrogen-bond acceptors (Lipinski definition) is 4. The Labute approximate surface area is 114 Å². The molecule has 0 saturated heterocycles. The second-order valence-electron chi connectivity index (χ2n) is 4.37. The first-order chi connectivity index (χ1) is 8.93. The van der Waals surface area contributed by atoms with Crippen LogP contribution in [0.1, 0.15) is 13.8 Å². The zero-order chi connectivity index (χ0) is 14.8. The Balaban J connectivity index is 4.73. The van der Waals surface area contributed by atoms with E-state index in [1.165, 1.54) is 12.0 Å². The van der Waals surface area contributed by atoms with Gasteiger partial charge >= 0.3 is 12.0 Å². The van der Waals surface area contributed by atoms with Gasteiger partial charge in [-0.2, -0.15) is 0 Å². The SMILES string of the molecule is COCCN(CC(=O)O)C(=O)N(CCOC)C(C)C. The van der Waals surface area contributed by atoms with Gasteiger partial charge in [-0.05, 0) is 13.8 Å². The molecule has 0 fully saturated rings. The van der Waals surface area contributed by atoms with Crippen molar-refractivity contribution in [3.05, 3.63) is 0 Å². The van der Waals surface area contributed by atoms with E-state index in [9.17, 15) is 9.59 Å². The number of carboxylic acid groups (broad SMARTS) is 1. The van der Waals surface area contributed by atoms with Gasteiger partial charge in [0.2, 0.25) is 0 Å². The number of urea groups is 1. The van der Waals surface area contributed by atoms with E-state index in [-0.39, 0.29) is 25.2 Å². The van der Waals surface area contributed by atoms with Crippen LogP contribution in [0.4, 0.5) is 4.79 Å². The van der Waals surface area contributed by atoms with E-state index in [2.05, 4.69) is 0 Å². The molecule has 0 unspecified atom stereocenters. The number of carboxylic acids is 1. The summed E-state index contributed by atoms with van der Waals surface area (Å²) in [6.45, 7) is 4.81. The quantitative estimate of drug-likeness (QED) is 0.663. The van der Waals surface area contributed by atoms with Gasteiger partial charge in [0.1, 0.15) is 6.54 Å². The topological polar surface area (TPSA) is 79.3 Å². The highest BCUT2D eigenvalue weighted by atomic mass is 16.5. The van der Waals surface area contributed by atoms with Gasteiger partial charge in [0.05, 0.1) is 13.2 Å². The van der Waals surface area contributed by atoms with Crippen LogP contribution in [0.5, 0.6) is 0 Å². The number of nitrogens with zero attached hydrogens (tertiary/aromatic N) is 2. The third-order valence-corrected chi connectivity index (χ3v) is 2.57. The number of rotatable bonds is 9. The zero-order valence-electron chi connectivity index (χ0n) is 12.1. The Morgan fingerprint density at radius 2 is 1.63 bits per heavy atom. The lowest BCUT2D eigenvalue weighted by Crippen LogP contribution is -2.50. The number of aliphatic carboxylic acids is 1. The lowest BCUT2D eigenvalue weighted by molar-refractivity contribution is -0.137. The molecule has 0 atom stereocenters. The highest BCUT2D eigenvalue weighted by Gasteiger charge is 2.24. The standard InChI is InChI=1S/C12H24N2O5/c1-10(2)14(6-8-19-4)12(17)13(5-7-18-3)9-11(15)16/h10H,5-9H2,1-4H3,(H,15,16). The molecule has 0 aromatic rings. The van der Waals surface area contributed by atoms with Crippen molar-refractivity contribution in [2.45, 2.75) is 19.9 Å². The van der Waals surface area contributed by atoms with Crippen molar-refractivity contribution in [2.24, 2.45) is 0 Å². The van der Waals surface area contributed by atoms with Crippen molar-refractivity contribution in [1.29, 1.82) is 0 Å². The molecule has 0 aliphatic rings. The molecule has 0 bridgehead atoms. The summed E-state index contributed by atoms with van der Waals surface area (Å²) in [5.74, 6) is -1.04. The van der Waals surface area contributed by atoms with Crippen molar-refractivity contribution in [2.75, 3.05) is 47.1 Å². The summed E-state index contributed by atoms with van der Waals surface area (Å²) in [6, 6.07) is -0.340. The number of carbonyl (C=O) groups excluding carboxylic acids is 1. The fourth-order valence-electron chi connectivity index (χ4n) is 1.55. The first kappa shape index (κ1) is 17.7. The second kappa shape index (κ2) is 9.57. The molecule has 0 rings (SSSR count). The lowest BCUT2D eigenvalue weighted by Gasteiger charge is -2.32. The third kappa shape index (κ3) is 6.97. The van der Waals surface area contributed by atoms with Crippen LogP contribution in [0.3, 0.4) is 0 Å². The molecular weight excluding hydrogens is 252 g/mol. The fraction of sp³-hybridized carbons (Fsp3) is 0.833. The van der Waals surface area contributed by atoms with Gasteiger partial charge in [0.15, 0.2) is 0 Å². The Morgan fingerprint density at radius 3 is 2.05 bits per heavy atom. The summed E-state index contributed by atoms with van der Waals surface area (Å²) in [4.78, 5) is 26.0. The minimum atomic E-state index is -1.04. The van der Waals surface area contributed by atoms with Crippen LogP contribution >= 0.6 is 0 Å². The van der Waals surface area contributed by atoms with Crippen LogP contribution in [0.15, 0.2) is 0 Å². The van der Waals surface area contributed by atoms with Gasteiger partial charge in [-0.1, -0.05) is 0 Å². The van der Waals surface area contributed by atoms with E-state index in [4.69, 9.17) is 14.6 Å². The highest BCUT2D eigenvalue weighted by molar-refractivity contribution is 5.80. The van der Waals surface area contributed by atoms with Crippen LogP contribution in [-0.2, 0) is 14.3 Å². The van der Waals surface area contributed by atoms with Crippen LogP contribution < -0.4 is 0 Å². The van der Waals surface area contributed by atoms with Gasteiger partial charge in [0, 0.05) is 33.4 Å². The molecule has 0 aromatic heterocycles. The van der Waals surface area contributed by atoms with Gasteiger partial charge < -0.3 is 24.4 Å². The van der Waals surface area contributed by atoms with E-state index in [0.717, 1.165) is 0 Å². The minimum absolute atomic E-state index is 0.0264. The summed E-state index contributed by atoms with van der Waals surface area (Å²) >= 11 is 0. The summed E-state index contributed by atoms with van der Waals surface area (Å²) in [5.41, 5.74) is 0. The average molecular weight is 276 g/mol. The molecule has 0 radical (unpaired) electrons. The normalized spacial score (nSPS) is 10.6. The van der Waals surface area contributed by atoms with Crippen molar-refractivity contribution < 1.29 is 24.2 Å². The Kier molecular flexibility index (Phi) is 8.90. The summed E-state index contributed by atoms with van der Waals surface area (Å²) in [5, 5.41) is 8.85. The number of hydrogen-bond donors (Lipinski definition) is 1. The molecule has 0 aliphatic heterocycles. The molecule has 0 heterocycles. The summed E-state index contributed by atoms with van der Waals surface area (Å²) in [6.07, 6.45) is 0. The maximum atomic E-state index is 12.3. The summed E-state index contributed by atoms with van der Waals surface area (Å²) in [7, 11) is 3.07. The predicted molar refractivity (Wildman–Crippen MR) is 70.2 cm³/mol. The maximum Gasteiger partial charge on any atom is 0.323 e. The zero-order valence-corrected chi connectivity index (χ0v) is 12.1. The Hall–Kier alpha value is -1.34. The van der Waals surface area contributed by atoms with E-state index in [1.54, 1.807) is 12.0 Å². The van der Waals surface area contributed by atoms with Crippen LogP contribution in [0, 0.1) is 0 Å². The third-order valence-electron chi connectivity index (χ3n) is 2.57. The molecule has 0 aliphatic carbocycles. The molecule has 2 amide bonds. The number of carbonyl (C=O) groups is 2. The van der Waals surface area contributed by atoms with Crippen molar-refractivity contribution in [1.82, 2.24) is 9.80 Å². The monoisotopic (exact) mass is 276 g/mol. The molecule has 7 nitrogen and oxygen atoms in total. The van der Waals surface area contributed by atoms with Gasteiger partial charge in [0.25, 0.3) is 0 Å². The van der Waals surface area contributed by atoms with Gasteiger partial charge in [-0.15, -0.1) is 0 Å². The number of ether oxygens (including phenoxy) is 2. The highest BCUT2D eigenvalue weighted by Crippen LogP contribution is 2.05. The molecule has 1 N–H and O–H groups in total. The summed E-state index contributed by atoms with van der Waals surface area (Å²) < 4.78 is 9.86. The van der Waals surface area contributed by atoms with Gasteiger partial charge in [-0.25, -0.2) is 4.79 Å². The molecule has 19 heavy (non-hydrogen) atoms. The number of methoxy groups -OCH3 is 2. The smallest absolute Gasteiger partial charge is 0.323 e. The lowest BCUT2D eigenvalue weighted by atomic mass is 10.3. The minimum Gasteiger partial charge on any atom is -0.480 e. The van der Waals surface area contributed by atoms with Crippen LogP contribution in [0.25, 0.3) is 0 Å². The Morgan fingerprint density at radius 1 is 1.11 bits per heavy atom. The Bertz CT molecular complexity index is 283. The van der Waals surface area contributed by atoms with E-state index < -0.39 is 5.97 Å². The molecular formula is C12H24N2O5. The largest absolute Gasteiger partial charge is 0.480 e. The van der Waals surface area contributed by atoms with E-state index >= 15 is 0 Å². The molecule has 112 valence electrons. The molecule has 7 heteroatoms. The first-order valence-electron chi connectivity index (χ1n) is 6.19. The van der Waals surface area contributed by atoms with Crippen molar-refractivity contribution >= 4 is 12.0 Å². The molecule has 0 spiro atoms. The average Bonchev–Trinajstić information content (AvgIpc) is 2.33. The fourth-order valence-corrected chi connectivity index (χ4v) is 1.55.